The van der Waals surface area contributed by atoms with Crippen LogP contribution in [-0.2, 0) is 13.0 Å². The molecule has 2 aromatic heterocycles. The first-order valence-corrected chi connectivity index (χ1v) is 8.72. The molecule has 4 rings (SSSR count). The summed E-state index contributed by atoms with van der Waals surface area (Å²) >= 11 is 1.52. The van der Waals surface area contributed by atoms with Crippen molar-refractivity contribution in [2.45, 2.75) is 13.0 Å². The number of ketones is 1. The lowest BCUT2D eigenvalue weighted by molar-refractivity contribution is 0.0994. The Labute approximate surface area is 144 Å². The molecule has 0 amide bonds. The van der Waals surface area contributed by atoms with Gasteiger partial charge in [-0.15, -0.1) is 11.3 Å². The lowest BCUT2D eigenvalue weighted by atomic mass is 10.1. The number of hydrogen-bond acceptors (Lipinski definition) is 3. The molecule has 0 aliphatic rings. The van der Waals surface area contributed by atoms with Crippen molar-refractivity contribution >= 4 is 28.0 Å². The molecule has 0 unspecified atom stereocenters. The van der Waals surface area contributed by atoms with Gasteiger partial charge in [0.1, 0.15) is 5.01 Å². The quantitative estimate of drug-likeness (QED) is 0.502. The summed E-state index contributed by atoms with van der Waals surface area (Å²) in [7, 11) is 0. The van der Waals surface area contributed by atoms with Crippen LogP contribution in [-0.4, -0.2) is 15.3 Å². The Kier molecular flexibility index (Phi) is 3.97. The highest BCUT2D eigenvalue weighted by Crippen LogP contribution is 2.24. The molecule has 24 heavy (non-hydrogen) atoms. The molecule has 0 bridgehead atoms. The summed E-state index contributed by atoms with van der Waals surface area (Å²) < 4.78 is 2.15. The van der Waals surface area contributed by atoms with Crippen LogP contribution in [0, 0.1) is 0 Å². The van der Waals surface area contributed by atoms with E-state index in [0.717, 1.165) is 28.0 Å². The Balaban J connectivity index is 1.72. The van der Waals surface area contributed by atoms with Crippen molar-refractivity contribution in [3.8, 4) is 0 Å². The second-order valence-corrected chi connectivity index (χ2v) is 6.68. The number of fused-ring (bicyclic) bond motifs is 1. The van der Waals surface area contributed by atoms with Crippen molar-refractivity contribution in [1.29, 1.82) is 0 Å². The van der Waals surface area contributed by atoms with Crippen molar-refractivity contribution in [2.24, 2.45) is 0 Å². The third-order valence-electron chi connectivity index (χ3n) is 4.08. The number of benzene rings is 2. The summed E-state index contributed by atoms with van der Waals surface area (Å²) in [4.78, 5) is 17.0. The summed E-state index contributed by atoms with van der Waals surface area (Å²) in [5.41, 5.74) is 3.08. The summed E-state index contributed by atoms with van der Waals surface area (Å²) in [6.07, 6.45) is 4.08. The van der Waals surface area contributed by atoms with Crippen molar-refractivity contribution in [2.75, 3.05) is 0 Å². The maximum absolute atomic E-state index is 12.7. The first kappa shape index (κ1) is 14.8. The van der Waals surface area contributed by atoms with Gasteiger partial charge in [-0.25, -0.2) is 4.98 Å². The largest absolute Gasteiger partial charge is 0.342 e. The molecule has 118 valence electrons. The number of carbonyl (C=O) groups is 1. The molecule has 0 atom stereocenters. The van der Waals surface area contributed by atoms with Crippen LogP contribution in [0.1, 0.15) is 20.9 Å². The van der Waals surface area contributed by atoms with E-state index < -0.39 is 0 Å². The standard InChI is InChI=1S/C20H16N2OS/c23-19(12-20-21-10-11-24-20)17-14-22(13-15-6-2-1-3-7-15)18-9-5-4-8-16(17)18/h1-11,14H,12-13H2. The smallest absolute Gasteiger partial charge is 0.171 e. The summed E-state index contributed by atoms with van der Waals surface area (Å²) in [6.45, 7) is 0.756. The van der Waals surface area contributed by atoms with Crippen molar-refractivity contribution in [3.63, 3.8) is 0 Å². The van der Waals surface area contributed by atoms with Crippen LogP contribution >= 0.6 is 11.3 Å². The third-order valence-corrected chi connectivity index (χ3v) is 4.86. The van der Waals surface area contributed by atoms with Crippen LogP contribution in [0.3, 0.4) is 0 Å². The van der Waals surface area contributed by atoms with Gasteiger partial charge in [-0.1, -0.05) is 48.5 Å². The minimum Gasteiger partial charge on any atom is -0.342 e. The fourth-order valence-electron chi connectivity index (χ4n) is 2.95. The highest BCUT2D eigenvalue weighted by molar-refractivity contribution is 7.09. The zero-order valence-corrected chi connectivity index (χ0v) is 13.9. The molecule has 0 saturated heterocycles. The Hall–Kier alpha value is -2.72. The molecule has 0 radical (unpaired) electrons. The number of rotatable bonds is 5. The molecular weight excluding hydrogens is 316 g/mol. The highest BCUT2D eigenvalue weighted by atomic mass is 32.1. The number of nitrogens with zero attached hydrogens (tertiary/aromatic N) is 2. The average Bonchev–Trinajstić information content (AvgIpc) is 3.24. The van der Waals surface area contributed by atoms with E-state index in [2.05, 4.69) is 27.8 Å². The van der Waals surface area contributed by atoms with Gasteiger partial charge in [-0.05, 0) is 11.6 Å². The van der Waals surface area contributed by atoms with E-state index >= 15 is 0 Å². The monoisotopic (exact) mass is 332 g/mol. The first-order chi connectivity index (χ1) is 11.8. The van der Waals surface area contributed by atoms with Crippen molar-refractivity contribution < 1.29 is 4.79 Å². The summed E-state index contributed by atoms with van der Waals surface area (Å²) in [5, 5.41) is 3.77. The zero-order chi connectivity index (χ0) is 16.4. The highest BCUT2D eigenvalue weighted by Gasteiger charge is 2.16. The van der Waals surface area contributed by atoms with Gasteiger partial charge in [-0.2, -0.15) is 0 Å². The van der Waals surface area contributed by atoms with E-state index in [9.17, 15) is 4.79 Å². The van der Waals surface area contributed by atoms with E-state index in [1.165, 1.54) is 16.9 Å². The Morgan fingerprint density at radius 3 is 2.62 bits per heavy atom. The van der Waals surface area contributed by atoms with Gasteiger partial charge >= 0.3 is 0 Å². The normalized spacial score (nSPS) is 11.0. The van der Waals surface area contributed by atoms with E-state index in [1.54, 1.807) is 6.20 Å². The lowest BCUT2D eigenvalue weighted by Gasteiger charge is -2.05. The van der Waals surface area contributed by atoms with Gasteiger partial charge < -0.3 is 4.57 Å². The summed E-state index contributed by atoms with van der Waals surface area (Å²) in [5.74, 6) is 0.118. The van der Waals surface area contributed by atoms with Gasteiger partial charge in [-0.3, -0.25) is 4.79 Å². The minimum atomic E-state index is 0.118. The third kappa shape index (κ3) is 2.88. The molecule has 0 N–H and O–H groups in total. The minimum absolute atomic E-state index is 0.118. The lowest BCUT2D eigenvalue weighted by Crippen LogP contribution is -2.03. The number of hydrogen-bond donors (Lipinski definition) is 0. The Bertz CT molecular complexity index is 971. The number of Topliss-reactive ketones (excluding diaryl/α,β-unsaturated/α-hetero) is 1. The van der Waals surface area contributed by atoms with Crippen LogP contribution in [0.5, 0.6) is 0 Å². The Morgan fingerprint density at radius 2 is 1.83 bits per heavy atom. The molecule has 3 nitrogen and oxygen atoms in total. The van der Waals surface area contributed by atoms with Gasteiger partial charge in [0.15, 0.2) is 5.78 Å². The van der Waals surface area contributed by atoms with Crippen LogP contribution in [0.2, 0.25) is 0 Å². The molecule has 0 aliphatic heterocycles. The maximum Gasteiger partial charge on any atom is 0.171 e. The maximum atomic E-state index is 12.7. The SMILES string of the molecule is O=C(Cc1nccs1)c1cn(Cc2ccccc2)c2ccccc12. The predicted molar refractivity (Wildman–Crippen MR) is 97.6 cm³/mol. The van der Waals surface area contributed by atoms with Crippen molar-refractivity contribution in [1.82, 2.24) is 9.55 Å². The fraction of sp³-hybridized carbons (Fsp3) is 0.100. The molecular formula is C20H16N2OS. The van der Waals surface area contributed by atoms with E-state index in [1.807, 2.05) is 48.0 Å². The number of carbonyl (C=O) groups excluding carboxylic acids is 1. The zero-order valence-electron chi connectivity index (χ0n) is 13.1. The molecule has 4 heteroatoms. The van der Waals surface area contributed by atoms with E-state index in [4.69, 9.17) is 0 Å². The number of thiazole rings is 1. The molecule has 4 aromatic rings. The molecule has 0 aliphatic carbocycles. The Morgan fingerprint density at radius 1 is 1.04 bits per heavy atom. The van der Waals surface area contributed by atoms with E-state index in [-0.39, 0.29) is 5.78 Å². The number of aromatic nitrogens is 2. The fourth-order valence-corrected chi connectivity index (χ4v) is 3.57. The van der Waals surface area contributed by atoms with Crippen LogP contribution in [0.25, 0.3) is 10.9 Å². The molecule has 0 spiro atoms. The van der Waals surface area contributed by atoms with E-state index in [0.29, 0.717) is 6.42 Å². The predicted octanol–water partition coefficient (Wildman–Crippen LogP) is 4.57. The molecule has 2 aromatic carbocycles. The van der Waals surface area contributed by atoms with Gasteiger partial charge in [0.25, 0.3) is 0 Å². The first-order valence-electron chi connectivity index (χ1n) is 7.84. The summed E-state index contributed by atoms with van der Waals surface area (Å²) in [6, 6.07) is 18.4. The molecule has 0 saturated carbocycles. The number of para-hydroxylation sites is 1. The van der Waals surface area contributed by atoms with Crippen LogP contribution in [0.15, 0.2) is 72.4 Å². The van der Waals surface area contributed by atoms with Gasteiger partial charge in [0.05, 0.1) is 6.42 Å². The van der Waals surface area contributed by atoms with Crippen LogP contribution in [0.4, 0.5) is 0 Å². The molecule has 2 heterocycles. The second kappa shape index (κ2) is 6.42. The average molecular weight is 332 g/mol. The topological polar surface area (TPSA) is 34.9 Å². The molecule has 0 fully saturated rings. The van der Waals surface area contributed by atoms with Gasteiger partial charge in [0.2, 0.25) is 0 Å². The second-order valence-electron chi connectivity index (χ2n) is 5.70. The van der Waals surface area contributed by atoms with Crippen molar-refractivity contribution in [3.05, 3.63) is 88.5 Å². The van der Waals surface area contributed by atoms with Crippen LogP contribution < -0.4 is 0 Å². The van der Waals surface area contributed by atoms with Gasteiger partial charge in [0, 0.05) is 40.8 Å².